The van der Waals surface area contributed by atoms with Gasteiger partial charge >= 0.3 is 6.18 Å². The molecule has 1 atom stereocenters. The molecule has 11 heteroatoms. The molecule has 0 aliphatic carbocycles. The quantitative estimate of drug-likeness (QED) is 0.583. The first kappa shape index (κ1) is 23.7. The van der Waals surface area contributed by atoms with E-state index in [-0.39, 0.29) is 38.2 Å². The number of carbonyl (C=O) groups excluding carboxylic acids is 1. The molecule has 2 aromatic rings. The van der Waals surface area contributed by atoms with E-state index in [0.29, 0.717) is 25.3 Å². The second-order valence-electron chi connectivity index (χ2n) is 7.23. The summed E-state index contributed by atoms with van der Waals surface area (Å²) in [7, 11) is 0. The number of alkyl halides is 3. The minimum Gasteiger partial charge on any atom is -0.484 e. The average molecular weight is 454 g/mol. The number of hydrogen-bond acceptors (Lipinski definition) is 7. The Morgan fingerprint density at radius 3 is 2.69 bits per heavy atom. The normalized spacial score (nSPS) is 16.3. The molecule has 0 spiro atoms. The molecule has 1 amide bonds. The standard InChI is InChI=1S/C21H25F3N4O4/c1-2-31-14-28(20-18(21(22,23)24)7-9-25-26-20)16-8-10-27(11-16)19(30)13-32-17-5-3-15(12-29)4-6-17/h3-7,9,16,29H,2,8,10-14H2,1H3. The Balaban J connectivity index is 1.67. The van der Waals surface area contributed by atoms with E-state index in [4.69, 9.17) is 14.6 Å². The minimum atomic E-state index is -4.59. The van der Waals surface area contributed by atoms with Crippen molar-refractivity contribution in [2.75, 3.05) is 37.9 Å². The van der Waals surface area contributed by atoms with Gasteiger partial charge in [-0.15, -0.1) is 5.10 Å². The van der Waals surface area contributed by atoms with Crippen molar-refractivity contribution in [3.8, 4) is 5.75 Å². The van der Waals surface area contributed by atoms with E-state index in [1.54, 1.807) is 36.1 Å². The molecule has 3 rings (SSSR count). The van der Waals surface area contributed by atoms with Gasteiger partial charge in [-0.25, -0.2) is 0 Å². The van der Waals surface area contributed by atoms with Gasteiger partial charge in [-0.2, -0.15) is 18.3 Å². The first-order chi connectivity index (χ1) is 15.3. The SMILES string of the molecule is CCOCN(c1nnccc1C(F)(F)F)C1CCN(C(=O)COc2ccc(CO)cc2)C1. The Morgan fingerprint density at radius 2 is 2.03 bits per heavy atom. The number of aliphatic hydroxyl groups is 1. The van der Waals surface area contributed by atoms with Gasteiger partial charge in [-0.1, -0.05) is 12.1 Å². The Hall–Kier alpha value is -2.92. The van der Waals surface area contributed by atoms with E-state index in [0.717, 1.165) is 17.8 Å². The second kappa shape index (κ2) is 10.6. The van der Waals surface area contributed by atoms with Crippen molar-refractivity contribution in [3.63, 3.8) is 0 Å². The highest BCUT2D eigenvalue weighted by molar-refractivity contribution is 5.78. The molecule has 174 valence electrons. The number of likely N-dealkylation sites (tertiary alicyclic amines) is 1. The maximum Gasteiger partial charge on any atom is 0.420 e. The summed E-state index contributed by atoms with van der Waals surface area (Å²) in [5, 5.41) is 16.4. The van der Waals surface area contributed by atoms with Crippen LogP contribution in [0.3, 0.4) is 0 Å². The molecule has 2 heterocycles. The third-order valence-electron chi connectivity index (χ3n) is 5.14. The molecule has 1 unspecified atom stereocenters. The van der Waals surface area contributed by atoms with Crippen molar-refractivity contribution in [3.05, 3.63) is 47.7 Å². The summed E-state index contributed by atoms with van der Waals surface area (Å²) in [4.78, 5) is 15.6. The molecule has 0 radical (unpaired) electrons. The molecule has 1 fully saturated rings. The number of nitrogens with zero attached hydrogens (tertiary/aromatic N) is 4. The van der Waals surface area contributed by atoms with Crippen LogP contribution >= 0.6 is 0 Å². The topological polar surface area (TPSA) is 88.0 Å². The van der Waals surface area contributed by atoms with Gasteiger partial charge < -0.3 is 24.4 Å². The molecule has 1 aliphatic rings. The van der Waals surface area contributed by atoms with E-state index >= 15 is 0 Å². The Labute approximate surface area is 183 Å². The molecule has 1 aromatic carbocycles. The van der Waals surface area contributed by atoms with E-state index in [1.165, 1.54) is 4.90 Å². The van der Waals surface area contributed by atoms with Crippen molar-refractivity contribution < 1.29 is 32.5 Å². The van der Waals surface area contributed by atoms with Crippen molar-refractivity contribution in [2.24, 2.45) is 0 Å². The fourth-order valence-corrected chi connectivity index (χ4v) is 3.44. The first-order valence-corrected chi connectivity index (χ1v) is 10.2. The smallest absolute Gasteiger partial charge is 0.420 e. The summed E-state index contributed by atoms with van der Waals surface area (Å²) in [6.45, 7) is 2.26. The molecule has 1 aliphatic heterocycles. The monoisotopic (exact) mass is 454 g/mol. The van der Waals surface area contributed by atoms with Crippen molar-refractivity contribution in [1.29, 1.82) is 0 Å². The molecule has 1 saturated heterocycles. The number of halogens is 3. The average Bonchev–Trinajstić information content (AvgIpc) is 3.28. The summed E-state index contributed by atoms with van der Waals surface area (Å²) >= 11 is 0. The van der Waals surface area contributed by atoms with Crippen LogP contribution in [0.5, 0.6) is 5.75 Å². The lowest BCUT2D eigenvalue weighted by atomic mass is 10.2. The molecule has 1 aromatic heterocycles. The third kappa shape index (κ3) is 5.86. The Kier molecular flexibility index (Phi) is 7.86. The van der Waals surface area contributed by atoms with Crippen LogP contribution in [0.2, 0.25) is 0 Å². The fraction of sp³-hybridized carbons (Fsp3) is 0.476. The van der Waals surface area contributed by atoms with Crippen LogP contribution < -0.4 is 9.64 Å². The number of anilines is 1. The molecule has 0 bridgehead atoms. The lowest BCUT2D eigenvalue weighted by Gasteiger charge is -2.31. The predicted molar refractivity (Wildman–Crippen MR) is 109 cm³/mol. The van der Waals surface area contributed by atoms with Crippen LogP contribution in [-0.4, -0.2) is 65.2 Å². The van der Waals surface area contributed by atoms with E-state index in [2.05, 4.69) is 10.2 Å². The predicted octanol–water partition coefficient (Wildman–Crippen LogP) is 2.47. The minimum absolute atomic E-state index is 0.0888. The van der Waals surface area contributed by atoms with Gasteiger partial charge in [0.15, 0.2) is 12.4 Å². The highest BCUT2D eigenvalue weighted by atomic mass is 19.4. The Morgan fingerprint density at radius 1 is 1.28 bits per heavy atom. The van der Waals surface area contributed by atoms with Crippen LogP contribution in [0, 0.1) is 0 Å². The molecule has 32 heavy (non-hydrogen) atoms. The number of benzene rings is 1. The lowest BCUT2D eigenvalue weighted by molar-refractivity contribution is -0.137. The van der Waals surface area contributed by atoms with E-state index < -0.39 is 17.8 Å². The zero-order valence-corrected chi connectivity index (χ0v) is 17.6. The van der Waals surface area contributed by atoms with Crippen molar-refractivity contribution in [2.45, 2.75) is 32.2 Å². The summed E-state index contributed by atoms with van der Waals surface area (Å²) in [6.07, 6.45) is -3.14. The van der Waals surface area contributed by atoms with E-state index in [1.807, 2.05) is 0 Å². The first-order valence-electron chi connectivity index (χ1n) is 10.2. The van der Waals surface area contributed by atoms with Crippen LogP contribution in [0.4, 0.5) is 19.0 Å². The zero-order chi connectivity index (χ0) is 23.1. The second-order valence-corrected chi connectivity index (χ2v) is 7.23. The van der Waals surface area contributed by atoms with Gasteiger partial charge in [0.25, 0.3) is 5.91 Å². The molecule has 1 N–H and O–H groups in total. The van der Waals surface area contributed by atoms with Crippen molar-refractivity contribution in [1.82, 2.24) is 15.1 Å². The number of rotatable bonds is 9. The molecule has 0 saturated carbocycles. The molecular formula is C21H25F3N4O4. The highest BCUT2D eigenvalue weighted by Crippen LogP contribution is 2.36. The fourth-order valence-electron chi connectivity index (χ4n) is 3.44. The van der Waals surface area contributed by atoms with Gasteiger partial charge in [-0.05, 0) is 37.1 Å². The van der Waals surface area contributed by atoms with Crippen LogP contribution in [0.15, 0.2) is 36.5 Å². The van der Waals surface area contributed by atoms with Crippen LogP contribution in [0.25, 0.3) is 0 Å². The van der Waals surface area contributed by atoms with E-state index in [9.17, 15) is 18.0 Å². The number of hydrogen-bond donors (Lipinski definition) is 1. The summed E-state index contributed by atoms with van der Waals surface area (Å²) in [6, 6.07) is 7.17. The summed E-state index contributed by atoms with van der Waals surface area (Å²) in [5.41, 5.74) is -0.172. The zero-order valence-electron chi connectivity index (χ0n) is 17.6. The summed E-state index contributed by atoms with van der Waals surface area (Å²) < 4.78 is 51.4. The third-order valence-corrected chi connectivity index (χ3v) is 5.14. The molecule has 8 nitrogen and oxygen atoms in total. The highest BCUT2D eigenvalue weighted by Gasteiger charge is 2.39. The summed E-state index contributed by atoms with van der Waals surface area (Å²) in [5.74, 6) is -0.100. The lowest BCUT2D eigenvalue weighted by Crippen LogP contribution is -2.42. The Bertz CT molecular complexity index is 895. The van der Waals surface area contributed by atoms with Crippen molar-refractivity contribution >= 4 is 11.7 Å². The van der Waals surface area contributed by atoms with Gasteiger partial charge in [-0.3, -0.25) is 4.79 Å². The number of aliphatic hydroxyl groups excluding tert-OH is 1. The maximum absolute atomic E-state index is 13.5. The van der Waals surface area contributed by atoms with Gasteiger partial charge in [0.2, 0.25) is 0 Å². The maximum atomic E-state index is 13.5. The molecular weight excluding hydrogens is 429 g/mol. The number of aromatic nitrogens is 2. The largest absolute Gasteiger partial charge is 0.484 e. The van der Waals surface area contributed by atoms with Crippen LogP contribution in [-0.2, 0) is 22.3 Å². The number of amides is 1. The van der Waals surface area contributed by atoms with Gasteiger partial charge in [0.05, 0.1) is 18.8 Å². The van der Waals surface area contributed by atoms with Gasteiger partial charge in [0, 0.05) is 19.7 Å². The van der Waals surface area contributed by atoms with Gasteiger partial charge in [0.1, 0.15) is 18.0 Å². The van der Waals surface area contributed by atoms with Crippen LogP contribution in [0.1, 0.15) is 24.5 Å². The number of carbonyl (C=O) groups is 1. The number of ether oxygens (including phenoxy) is 2.